The number of halogens is 1. The van der Waals surface area contributed by atoms with Crippen molar-refractivity contribution in [2.45, 2.75) is 6.92 Å². The Morgan fingerprint density at radius 1 is 1.35 bits per heavy atom. The smallest absolute Gasteiger partial charge is 0.356 e. The van der Waals surface area contributed by atoms with Gasteiger partial charge in [-0.3, -0.25) is 0 Å². The fraction of sp³-hybridized carbons (Fsp3) is 0.143. The molecule has 0 unspecified atom stereocenters. The molecule has 1 aromatic carbocycles. The van der Waals surface area contributed by atoms with Gasteiger partial charge in [-0.25, -0.2) is 9.78 Å². The van der Waals surface area contributed by atoms with Gasteiger partial charge in [0.15, 0.2) is 11.5 Å². The highest BCUT2D eigenvalue weighted by molar-refractivity contribution is 6.33. The Morgan fingerprint density at radius 2 is 2.10 bits per heavy atom. The van der Waals surface area contributed by atoms with Crippen molar-refractivity contribution in [2.24, 2.45) is 0 Å². The molecule has 0 amide bonds. The number of benzene rings is 1. The molecule has 0 radical (unpaired) electrons. The van der Waals surface area contributed by atoms with Crippen molar-refractivity contribution in [1.82, 2.24) is 4.98 Å². The van der Waals surface area contributed by atoms with Crippen LogP contribution in [0.1, 0.15) is 16.1 Å². The Balaban J connectivity index is 2.35. The van der Waals surface area contributed by atoms with Crippen molar-refractivity contribution in [2.75, 3.05) is 18.2 Å². The van der Waals surface area contributed by atoms with Crippen molar-refractivity contribution >= 4 is 34.8 Å². The lowest BCUT2D eigenvalue weighted by atomic mass is 10.2. The zero-order valence-electron chi connectivity index (χ0n) is 11.1. The third-order valence-electron chi connectivity index (χ3n) is 2.70. The predicted octanol–water partition coefficient (Wildman–Crippen LogP) is 3.16. The number of hydrogen-bond acceptors (Lipinski definition) is 5. The summed E-state index contributed by atoms with van der Waals surface area (Å²) >= 11 is 6.14. The first kappa shape index (κ1) is 14.1. The van der Waals surface area contributed by atoms with Crippen molar-refractivity contribution < 1.29 is 9.53 Å². The van der Waals surface area contributed by atoms with E-state index in [9.17, 15) is 4.79 Å². The molecule has 0 aliphatic rings. The first-order valence-corrected chi connectivity index (χ1v) is 6.27. The summed E-state index contributed by atoms with van der Waals surface area (Å²) in [5.41, 5.74) is 8.13. The second-order valence-electron chi connectivity index (χ2n) is 4.23. The molecule has 5 nitrogen and oxygen atoms in total. The van der Waals surface area contributed by atoms with Crippen LogP contribution < -0.4 is 11.1 Å². The molecule has 2 rings (SSSR count). The average Bonchev–Trinajstić information content (AvgIpc) is 2.43. The number of nitrogens with zero attached hydrogens (tertiary/aromatic N) is 1. The van der Waals surface area contributed by atoms with E-state index in [-0.39, 0.29) is 5.69 Å². The largest absolute Gasteiger partial charge is 0.464 e. The molecule has 0 spiro atoms. The maximum Gasteiger partial charge on any atom is 0.356 e. The number of nitrogens with two attached hydrogens (primary N) is 1. The summed E-state index contributed by atoms with van der Waals surface area (Å²) in [6.45, 7) is 1.94. The second-order valence-corrected chi connectivity index (χ2v) is 4.64. The van der Waals surface area contributed by atoms with E-state index < -0.39 is 5.97 Å². The zero-order valence-corrected chi connectivity index (χ0v) is 11.9. The fourth-order valence-electron chi connectivity index (χ4n) is 1.64. The van der Waals surface area contributed by atoms with Gasteiger partial charge in [0.1, 0.15) is 0 Å². The number of nitrogen functional groups attached to an aromatic ring is 1. The Bertz CT molecular complexity index is 659. The lowest BCUT2D eigenvalue weighted by Gasteiger charge is -2.11. The highest BCUT2D eigenvalue weighted by Crippen LogP contribution is 2.28. The molecule has 0 saturated carbocycles. The number of methoxy groups -OCH3 is 1. The number of esters is 1. The number of carbonyl (C=O) groups excluding carboxylic acids is 1. The lowest BCUT2D eigenvalue weighted by molar-refractivity contribution is 0.0594. The summed E-state index contributed by atoms with van der Waals surface area (Å²) in [4.78, 5) is 15.6. The van der Waals surface area contributed by atoms with Crippen LogP contribution in [0.5, 0.6) is 0 Å². The van der Waals surface area contributed by atoms with Gasteiger partial charge < -0.3 is 15.8 Å². The molecular weight excluding hydrogens is 278 g/mol. The Labute approximate surface area is 121 Å². The first-order valence-electron chi connectivity index (χ1n) is 5.89. The van der Waals surface area contributed by atoms with Crippen molar-refractivity contribution in [3.8, 4) is 0 Å². The molecule has 0 atom stereocenters. The number of nitrogens with one attached hydrogen (secondary N) is 1. The molecule has 3 N–H and O–H groups in total. The van der Waals surface area contributed by atoms with Crippen molar-refractivity contribution in [3.05, 3.63) is 46.6 Å². The summed E-state index contributed by atoms with van der Waals surface area (Å²) < 4.78 is 4.62. The zero-order chi connectivity index (χ0) is 14.7. The molecule has 0 aliphatic heterocycles. The van der Waals surface area contributed by atoms with Crippen LogP contribution in [0.3, 0.4) is 0 Å². The molecule has 0 bridgehead atoms. The fourth-order valence-corrected chi connectivity index (χ4v) is 1.92. The first-order chi connectivity index (χ1) is 9.51. The molecule has 20 heavy (non-hydrogen) atoms. The lowest BCUT2D eigenvalue weighted by Crippen LogP contribution is -2.08. The highest BCUT2D eigenvalue weighted by Gasteiger charge is 2.11. The SMILES string of the molecule is COC(=O)c1ccc(N)c(Nc2ccc(C)cc2Cl)n1. The standard InChI is InChI=1S/C14H14ClN3O2/c1-8-3-5-11(9(15)7-8)17-13-10(16)4-6-12(18-13)14(19)20-2/h3-7H,16H2,1-2H3,(H,17,18). The van der Waals surface area contributed by atoms with E-state index in [1.165, 1.54) is 13.2 Å². The van der Waals surface area contributed by atoms with Gasteiger partial charge in [-0.1, -0.05) is 17.7 Å². The van der Waals surface area contributed by atoms with Crippen LogP contribution in [0.2, 0.25) is 5.02 Å². The molecule has 0 fully saturated rings. The van der Waals surface area contributed by atoms with Crippen LogP contribution in [-0.2, 0) is 4.74 Å². The second kappa shape index (κ2) is 5.79. The molecule has 6 heteroatoms. The summed E-state index contributed by atoms with van der Waals surface area (Å²) in [5.74, 6) is -0.165. The summed E-state index contributed by atoms with van der Waals surface area (Å²) in [6, 6.07) is 8.65. The van der Waals surface area contributed by atoms with E-state index in [1.54, 1.807) is 6.07 Å². The minimum atomic E-state index is -0.525. The summed E-state index contributed by atoms with van der Waals surface area (Å²) in [6.07, 6.45) is 0. The van der Waals surface area contributed by atoms with Gasteiger partial charge in [-0.05, 0) is 36.8 Å². The summed E-state index contributed by atoms with van der Waals surface area (Å²) in [7, 11) is 1.30. The number of anilines is 3. The molecule has 1 aromatic heterocycles. The minimum Gasteiger partial charge on any atom is -0.464 e. The van der Waals surface area contributed by atoms with E-state index in [1.807, 2.05) is 25.1 Å². The number of ether oxygens (including phenoxy) is 1. The number of pyridine rings is 1. The molecule has 1 heterocycles. The topological polar surface area (TPSA) is 77.2 Å². The van der Waals surface area contributed by atoms with Crippen LogP contribution in [0.25, 0.3) is 0 Å². The maximum absolute atomic E-state index is 11.5. The van der Waals surface area contributed by atoms with Gasteiger partial charge in [-0.15, -0.1) is 0 Å². The van der Waals surface area contributed by atoms with E-state index in [0.29, 0.717) is 22.2 Å². The third-order valence-corrected chi connectivity index (χ3v) is 3.01. The van der Waals surface area contributed by atoms with Gasteiger partial charge in [-0.2, -0.15) is 0 Å². The minimum absolute atomic E-state index is 0.174. The number of aromatic nitrogens is 1. The van der Waals surface area contributed by atoms with E-state index in [4.69, 9.17) is 17.3 Å². The van der Waals surface area contributed by atoms with Crippen LogP contribution in [-0.4, -0.2) is 18.1 Å². The van der Waals surface area contributed by atoms with Gasteiger partial charge in [0.25, 0.3) is 0 Å². The van der Waals surface area contributed by atoms with Gasteiger partial charge in [0.2, 0.25) is 0 Å². The van der Waals surface area contributed by atoms with E-state index in [2.05, 4.69) is 15.0 Å². The average molecular weight is 292 g/mol. The Kier molecular flexibility index (Phi) is 4.10. The van der Waals surface area contributed by atoms with Crippen molar-refractivity contribution in [3.63, 3.8) is 0 Å². The monoisotopic (exact) mass is 291 g/mol. The quantitative estimate of drug-likeness (QED) is 0.850. The van der Waals surface area contributed by atoms with Crippen LogP contribution in [0.4, 0.5) is 17.2 Å². The molecule has 0 aliphatic carbocycles. The maximum atomic E-state index is 11.5. The van der Waals surface area contributed by atoms with Gasteiger partial charge in [0, 0.05) is 0 Å². The molecule has 0 saturated heterocycles. The van der Waals surface area contributed by atoms with Crippen LogP contribution >= 0.6 is 11.6 Å². The Morgan fingerprint density at radius 3 is 2.75 bits per heavy atom. The molecular formula is C14H14ClN3O2. The van der Waals surface area contributed by atoms with Crippen LogP contribution in [0.15, 0.2) is 30.3 Å². The van der Waals surface area contributed by atoms with Crippen molar-refractivity contribution in [1.29, 1.82) is 0 Å². The van der Waals surface area contributed by atoms with E-state index in [0.717, 1.165) is 5.56 Å². The number of aryl methyl sites for hydroxylation is 1. The van der Waals surface area contributed by atoms with Crippen LogP contribution in [0, 0.1) is 6.92 Å². The number of rotatable bonds is 3. The molecule has 2 aromatic rings. The van der Waals surface area contributed by atoms with E-state index >= 15 is 0 Å². The number of hydrogen-bond donors (Lipinski definition) is 2. The van der Waals surface area contributed by atoms with Gasteiger partial charge in [0.05, 0.1) is 23.5 Å². The number of carbonyl (C=O) groups is 1. The van der Waals surface area contributed by atoms with Gasteiger partial charge >= 0.3 is 5.97 Å². The Hall–Kier alpha value is -2.27. The third kappa shape index (κ3) is 3.00. The normalized spacial score (nSPS) is 10.2. The molecule has 104 valence electrons. The summed E-state index contributed by atoms with van der Waals surface area (Å²) in [5, 5.41) is 3.56. The predicted molar refractivity (Wildman–Crippen MR) is 79.5 cm³/mol. The highest BCUT2D eigenvalue weighted by atomic mass is 35.5.